The molecule has 2 aromatic rings. The highest BCUT2D eigenvalue weighted by atomic mass is 16.5. The van der Waals surface area contributed by atoms with E-state index in [4.69, 9.17) is 10.3 Å². The summed E-state index contributed by atoms with van der Waals surface area (Å²) in [4.78, 5) is 4.62. The highest BCUT2D eigenvalue weighted by molar-refractivity contribution is 5.36. The average Bonchev–Trinajstić information content (AvgIpc) is 2.97. The lowest BCUT2D eigenvalue weighted by atomic mass is 9.82. The van der Waals surface area contributed by atoms with E-state index >= 15 is 0 Å². The second kappa shape index (κ2) is 5.60. The number of hydrogen-bond acceptors (Lipinski definition) is 4. The van der Waals surface area contributed by atoms with Crippen LogP contribution in [0.5, 0.6) is 0 Å². The number of benzene rings is 1. The van der Waals surface area contributed by atoms with Crippen molar-refractivity contribution in [3.8, 4) is 0 Å². The highest BCUT2D eigenvalue weighted by Crippen LogP contribution is 2.35. The van der Waals surface area contributed by atoms with Crippen molar-refractivity contribution in [3.05, 3.63) is 47.1 Å². The fraction of sp³-hybridized carbons (Fsp3) is 0.529. The number of nitrogens with two attached hydrogens (primary N) is 1. The van der Waals surface area contributed by atoms with Crippen LogP contribution < -0.4 is 5.73 Å². The number of hydrogen-bond donors (Lipinski definition) is 1. The van der Waals surface area contributed by atoms with Crippen molar-refractivity contribution in [3.63, 3.8) is 0 Å². The number of rotatable bonds is 4. The lowest BCUT2D eigenvalue weighted by Crippen LogP contribution is -2.33. The Morgan fingerprint density at radius 2 is 2.19 bits per heavy atom. The molecule has 1 aromatic carbocycles. The van der Waals surface area contributed by atoms with Crippen molar-refractivity contribution in [2.24, 2.45) is 5.73 Å². The molecular formula is C17H23N3O. The first-order valence-electron chi connectivity index (χ1n) is 7.82. The Morgan fingerprint density at radius 3 is 3.00 bits per heavy atom. The van der Waals surface area contributed by atoms with Crippen LogP contribution in [0.2, 0.25) is 0 Å². The van der Waals surface area contributed by atoms with E-state index in [1.807, 2.05) is 6.92 Å². The lowest BCUT2D eigenvalue weighted by Gasteiger charge is -2.23. The Kier molecular flexibility index (Phi) is 3.81. The van der Waals surface area contributed by atoms with Crippen molar-refractivity contribution >= 4 is 0 Å². The van der Waals surface area contributed by atoms with E-state index in [9.17, 15) is 0 Å². The smallest absolute Gasteiger partial charge is 0.246 e. The monoisotopic (exact) mass is 285 g/mol. The number of aromatic nitrogens is 2. The van der Waals surface area contributed by atoms with Gasteiger partial charge in [-0.2, -0.15) is 4.98 Å². The molecule has 1 heterocycles. The Hall–Kier alpha value is -1.68. The summed E-state index contributed by atoms with van der Waals surface area (Å²) in [6.45, 7) is 4.07. The molecule has 4 nitrogen and oxygen atoms in total. The summed E-state index contributed by atoms with van der Waals surface area (Å²) in [7, 11) is 0. The largest absolute Gasteiger partial charge is 0.337 e. The van der Waals surface area contributed by atoms with Crippen molar-refractivity contribution in [2.45, 2.75) is 57.4 Å². The third-order valence-electron chi connectivity index (χ3n) is 4.38. The molecule has 0 bridgehead atoms. The maximum Gasteiger partial charge on any atom is 0.246 e. The first kappa shape index (κ1) is 14.3. The van der Waals surface area contributed by atoms with E-state index in [2.05, 4.69) is 41.3 Å². The molecule has 2 unspecified atom stereocenters. The summed E-state index contributed by atoms with van der Waals surface area (Å²) in [5.74, 6) is 1.58. The Labute approximate surface area is 125 Å². The van der Waals surface area contributed by atoms with E-state index in [1.54, 1.807) is 0 Å². The third-order valence-corrected chi connectivity index (χ3v) is 4.38. The zero-order chi connectivity index (χ0) is 14.9. The van der Waals surface area contributed by atoms with Crippen LogP contribution in [0, 0.1) is 0 Å². The molecule has 3 rings (SSSR count). The van der Waals surface area contributed by atoms with Gasteiger partial charge in [0.25, 0.3) is 0 Å². The molecule has 0 spiro atoms. The first-order chi connectivity index (χ1) is 10.1. The molecular weight excluding hydrogens is 262 g/mol. The molecule has 112 valence electrons. The molecule has 21 heavy (non-hydrogen) atoms. The predicted molar refractivity (Wildman–Crippen MR) is 82.0 cm³/mol. The van der Waals surface area contributed by atoms with Crippen molar-refractivity contribution in [1.29, 1.82) is 0 Å². The molecule has 1 aromatic heterocycles. The lowest BCUT2D eigenvalue weighted by molar-refractivity contribution is 0.281. The summed E-state index contributed by atoms with van der Waals surface area (Å²) >= 11 is 0. The molecule has 4 heteroatoms. The summed E-state index contributed by atoms with van der Waals surface area (Å²) in [5, 5.41) is 4.22. The molecule has 0 amide bonds. The van der Waals surface area contributed by atoms with Crippen LogP contribution in [0.1, 0.15) is 68.3 Å². The van der Waals surface area contributed by atoms with Gasteiger partial charge in [0.1, 0.15) is 0 Å². The Morgan fingerprint density at radius 1 is 1.38 bits per heavy atom. The van der Waals surface area contributed by atoms with Crippen molar-refractivity contribution in [2.75, 3.05) is 0 Å². The van der Waals surface area contributed by atoms with Crippen molar-refractivity contribution < 1.29 is 4.52 Å². The van der Waals surface area contributed by atoms with Crippen LogP contribution >= 0.6 is 0 Å². The summed E-state index contributed by atoms with van der Waals surface area (Å²) in [5.41, 5.74) is 8.50. The van der Waals surface area contributed by atoms with Gasteiger partial charge < -0.3 is 10.3 Å². The average molecular weight is 285 g/mol. The fourth-order valence-corrected chi connectivity index (χ4v) is 3.26. The molecule has 2 N–H and O–H groups in total. The zero-order valence-electron chi connectivity index (χ0n) is 12.8. The minimum Gasteiger partial charge on any atom is -0.337 e. The minimum absolute atomic E-state index is 0.241. The van der Waals surface area contributed by atoms with Gasteiger partial charge in [0.15, 0.2) is 5.82 Å². The minimum atomic E-state index is -0.534. The van der Waals surface area contributed by atoms with Crippen LogP contribution in [0.3, 0.4) is 0 Å². The number of nitrogens with zero attached hydrogens (tertiary/aromatic N) is 2. The summed E-state index contributed by atoms with van der Waals surface area (Å²) in [6.07, 6.45) is 5.22. The van der Waals surface area contributed by atoms with Gasteiger partial charge in [-0.05, 0) is 43.7 Å². The van der Waals surface area contributed by atoms with E-state index in [-0.39, 0.29) is 5.92 Å². The van der Waals surface area contributed by atoms with Crippen molar-refractivity contribution in [1.82, 2.24) is 10.1 Å². The summed E-state index contributed by atoms with van der Waals surface area (Å²) < 4.78 is 5.46. The molecule has 0 radical (unpaired) electrons. The molecule has 0 aliphatic heterocycles. The standard InChI is InChI=1S/C17H23N3O/c1-3-11-17(2,18)16-19-15(20-21-16)14-10-6-8-12-7-4-5-9-13(12)14/h4-5,7,9,14H,3,6,8,10-11,18H2,1-2H3. The van der Waals surface area contributed by atoms with E-state index in [1.165, 1.54) is 17.5 Å². The predicted octanol–water partition coefficient (Wildman–Crippen LogP) is 3.51. The van der Waals surface area contributed by atoms with Gasteiger partial charge in [0, 0.05) is 5.92 Å². The van der Waals surface area contributed by atoms with Gasteiger partial charge >= 0.3 is 0 Å². The van der Waals surface area contributed by atoms with Crippen LogP contribution in [-0.2, 0) is 12.0 Å². The molecule has 1 aliphatic rings. The Balaban J connectivity index is 1.91. The fourth-order valence-electron chi connectivity index (χ4n) is 3.26. The van der Waals surface area contributed by atoms with Crippen LogP contribution in [0.15, 0.2) is 28.8 Å². The molecule has 0 fully saturated rings. The molecule has 2 atom stereocenters. The second-order valence-electron chi connectivity index (χ2n) is 6.27. The Bertz CT molecular complexity index is 618. The van der Waals surface area contributed by atoms with Gasteiger partial charge in [0.05, 0.1) is 5.54 Å². The quantitative estimate of drug-likeness (QED) is 0.933. The molecule has 1 aliphatic carbocycles. The highest BCUT2D eigenvalue weighted by Gasteiger charge is 2.31. The van der Waals surface area contributed by atoms with E-state index in [0.717, 1.165) is 31.5 Å². The maximum atomic E-state index is 6.29. The topological polar surface area (TPSA) is 64.9 Å². The van der Waals surface area contributed by atoms with Gasteiger partial charge in [-0.3, -0.25) is 0 Å². The van der Waals surface area contributed by atoms with Crippen LogP contribution in [0.4, 0.5) is 0 Å². The SMILES string of the molecule is CCCC(C)(N)c1nc(C2CCCc3ccccc32)no1. The molecule has 0 saturated carbocycles. The van der Waals surface area contributed by atoms with Gasteiger partial charge in [-0.25, -0.2) is 0 Å². The summed E-state index contributed by atoms with van der Waals surface area (Å²) in [6, 6.07) is 8.57. The van der Waals surface area contributed by atoms with E-state index in [0.29, 0.717) is 5.89 Å². The molecule has 0 saturated heterocycles. The second-order valence-corrected chi connectivity index (χ2v) is 6.27. The van der Waals surface area contributed by atoms with Gasteiger partial charge in [-0.15, -0.1) is 0 Å². The normalized spacial score (nSPS) is 20.8. The van der Waals surface area contributed by atoms with Crippen LogP contribution in [-0.4, -0.2) is 10.1 Å². The van der Waals surface area contributed by atoms with Crippen LogP contribution in [0.25, 0.3) is 0 Å². The maximum absolute atomic E-state index is 6.29. The number of aryl methyl sites for hydroxylation is 1. The zero-order valence-corrected chi connectivity index (χ0v) is 12.8. The first-order valence-corrected chi connectivity index (χ1v) is 7.82. The van der Waals surface area contributed by atoms with E-state index < -0.39 is 5.54 Å². The van der Waals surface area contributed by atoms with Gasteiger partial charge in [0.2, 0.25) is 5.89 Å². The van der Waals surface area contributed by atoms with Gasteiger partial charge in [-0.1, -0.05) is 42.8 Å². The third kappa shape index (κ3) is 2.72. The number of fused-ring (bicyclic) bond motifs is 1.